The number of aliphatic hydroxyl groups excluding tert-OH is 1. The Morgan fingerprint density at radius 2 is 1.12 bits per heavy atom. The predicted molar refractivity (Wildman–Crippen MR) is 164 cm³/mol. The minimum atomic E-state index is -0.803. The summed E-state index contributed by atoms with van der Waals surface area (Å²) in [6, 6.07) is 0. The Labute approximate surface area is 245 Å². The van der Waals surface area contributed by atoms with Crippen LogP contribution in [0.15, 0.2) is 24.3 Å². The van der Waals surface area contributed by atoms with E-state index in [0.717, 1.165) is 57.8 Å². The van der Waals surface area contributed by atoms with Gasteiger partial charge >= 0.3 is 11.9 Å². The molecule has 0 aliphatic carbocycles. The maximum Gasteiger partial charge on any atom is 0.306 e. The van der Waals surface area contributed by atoms with E-state index in [9.17, 15) is 19.5 Å². The van der Waals surface area contributed by atoms with Gasteiger partial charge in [-0.05, 0) is 38.2 Å². The zero-order chi connectivity index (χ0) is 29.5. The van der Waals surface area contributed by atoms with Crippen molar-refractivity contribution in [1.82, 2.24) is 0 Å². The lowest BCUT2D eigenvalue weighted by Gasteiger charge is -2.15. The van der Waals surface area contributed by atoms with Crippen LogP contribution in [-0.2, 0) is 23.9 Å². The lowest BCUT2D eigenvalue weighted by atomic mass is 10.1. The number of unbranched alkanes of at least 4 members (excludes halogenated alkanes) is 16. The van der Waals surface area contributed by atoms with Gasteiger partial charge in [0.15, 0.2) is 11.9 Å². The Morgan fingerprint density at radius 3 is 1.70 bits per heavy atom. The van der Waals surface area contributed by atoms with Crippen LogP contribution in [-0.4, -0.2) is 42.1 Å². The summed E-state index contributed by atoms with van der Waals surface area (Å²) in [5.74, 6) is -0.529. The van der Waals surface area contributed by atoms with Gasteiger partial charge in [-0.3, -0.25) is 14.4 Å². The first-order valence-corrected chi connectivity index (χ1v) is 16.3. The Hall–Kier alpha value is -1.95. The molecule has 0 bridgehead atoms. The van der Waals surface area contributed by atoms with Crippen LogP contribution in [0.1, 0.15) is 155 Å². The molecule has 0 aromatic heterocycles. The van der Waals surface area contributed by atoms with E-state index in [4.69, 9.17) is 9.47 Å². The van der Waals surface area contributed by atoms with Gasteiger partial charge in [0.2, 0.25) is 0 Å². The number of ketones is 1. The molecule has 0 aliphatic heterocycles. The third kappa shape index (κ3) is 27.6. The first kappa shape index (κ1) is 38.0. The third-order valence-corrected chi connectivity index (χ3v) is 6.97. The van der Waals surface area contributed by atoms with E-state index in [-0.39, 0.29) is 30.9 Å². The number of ether oxygens (including phenoxy) is 2. The van der Waals surface area contributed by atoms with Crippen LogP contribution >= 0.6 is 0 Å². The van der Waals surface area contributed by atoms with Crippen molar-refractivity contribution >= 4 is 17.7 Å². The lowest BCUT2D eigenvalue weighted by Crippen LogP contribution is -2.28. The molecule has 0 spiro atoms. The van der Waals surface area contributed by atoms with Crippen LogP contribution in [0, 0.1) is 0 Å². The summed E-state index contributed by atoms with van der Waals surface area (Å²) in [7, 11) is 0. The minimum absolute atomic E-state index is 0.108. The van der Waals surface area contributed by atoms with E-state index in [1.807, 2.05) is 12.2 Å². The van der Waals surface area contributed by atoms with E-state index < -0.39 is 6.10 Å². The average molecular weight is 565 g/mol. The Kier molecular flexibility index (Phi) is 28.6. The lowest BCUT2D eigenvalue weighted by molar-refractivity contribution is -0.161. The molecule has 0 fully saturated rings. The second-order valence-electron chi connectivity index (χ2n) is 10.9. The largest absolute Gasteiger partial charge is 0.462 e. The van der Waals surface area contributed by atoms with Crippen LogP contribution < -0.4 is 0 Å². The maximum absolute atomic E-state index is 12.0. The molecule has 0 aromatic rings. The molecule has 0 saturated carbocycles. The van der Waals surface area contributed by atoms with Crippen molar-refractivity contribution in [2.24, 2.45) is 0 Å². The van der Waals surface area contributed by atoms with Gasteiger partial charge in [0.05, 0.1) is 6.61 Å². The highest BCUT2D eigenvalue weighted by Crippen LogP contribution is 2.12. The van der Waals surface area contributed by atoms with Gasteiger partial charge in [-0.25, -0.2) is 0 Å². The van der Waals surface area contributed by atoms with Crippen molar-refractivity contribution in [1.29, 1.82) is 0 Å². The molecule has 0 saturated heterocycles. The monoisotopic (exact) mass is 564 g/mol. The third-order valence-electron chi connectivity index (χ3n) is 6.97. The fourth-order valence-electron chi connectivity index (χ4n) is 4.42. The molecule has 0 heterocycles. The molecule has 1 atom stereocenters. The second kappa shape index (κ2) is 30.0. The number of carbonyl (C=O) groups is 3. The average Bonchev–Trinajstić information content (AvgIpc) is 2.95. The van der Waals surface area contributed by atoms with Gasteiger partial charge in [0.1, 0.15) is 6.61 Å². The highest BCUT2D eigenvalue weighted by Gasteiger charge is 2.16. The summed E-state index contributed by atoms with van der Waals surface area (Å²) in [4.78, 5) is 35.9. The SMILES string of the molecule is CCCCC/C=C\C=C\C(=O)CCCCCCCC(=O)OC[C@H](CO)OC(=O)CCCCCCCCCCCC. The first-order valence-electron chi connectivity index (χ1n) is 16.3. The van der Waals surface area contributed by atoms with Gasteiger partial charge in [-0.2, -0.15) is 0 Å². The topological polar surface area (TPSA) is 89.9 Å². The second-order valence-corrected chi connectivity index (χ2v) is 10.9. The van der Waals surface area contributed by atoms with E-state index >= 15 is 0 Å². The summed E-state index contributed by atoms with van der Waals surface area (Å²) in [6.45, 7) is 3.95. The first-order chi connectivity index (χ1) is 19.5. The van der Waals surface area contributed by atoms with Crippen molar-refractivity contribution < 1.29 is 29.0 Å². The molecular formula is C34H60O6. The molecule has 6 heteroatoms. The van der Waals surface area contributed by atoms with Crippen LogP contribution in [0.3, 0.4) is 0 Å². The van der Waals surface area contributed by atoms with Crippen molar-refractivity contribution in [3.05, 3.63) is 24.3 Å². The Bertz CT molecular complexity index is 669. The zero-order valence-corrected chi connectivity index (χ0v) is 25.8. The van der Waals surface area contributed by atoms with Gasteiger partial charge < -0.3 is 14.6 Å². The standard InChI is InChI=1S/C34H60O6/c1-3-5-7-9-11-12-13-15-19-24-28-34(38)40-32(29-35)30-39-33(37)27-23-20-16-18-22-26-31(36)25-21-17-14-10-8-6-4-2/h14,17,21,25,32,35H,3-13,15-16,18-20,22-24,26-30H2,1-2H3/b17-14-,25-21+/t32-/m0/s1. The van der Waals surface area contributed by atoms with Crippen LogP contribution in [0.2, 0.25) is 0 Å². The number of aliphatic hydroxyl groups is 1. The molecule has 232 valence electrons. The molecule has 6 nitrogen and oxygen atoms in total. The molecule has 1 N–H and O–H groups in total. The summed E-state index contributed by atoms with van der Waals surface area (Å²) >= 11 is 0. The Balaban J connectivity index is 3.69. The van der Waals surface area contributed by atoms with E-state index in [0.29, 0.717) is 19.3 Å². The fraction of sp³-hybridized carbons (Fsp3) is 0.794. The molecule has 40 heavy (non-hydrogen) atoms. The highest BCUT2D eigenvalue weighted by atomic mass is 16.6. The maximum atomic E-state index is 12.0. The summed E-state index contributed by atoms with van der Waals surface area (Å²) in [6.07, 6.45) is 29.1. The molecule has 0 amide bonds. The molecule has 0 rings (SSSR count). The number of hydrogen-bond donors (Lipinski definition) is 1. The number of carbonyl (C=O) groups excluding carboxylic acids is 3. The normalized spacial score (nSPS) is 12.3. The predicted octanol–water partition coefficient (Wildman–Crippen LogP) is 8.74. The molecule has 0 aromatic carbocycles. The fourth-order valence-corrected chi connectivity index (χ4v) is 4.42. The summed E-state index contributed by atoms with van der Waals surface area (Å²) in [5, 5.41) is 9.47. The molecular weight excluding hydrogens is 504 g/mol. The van der Waals surface area contributed by atoms with Crippen molar-refractivity contribution in [3.63, 3.8) is 0 Å². The van der Waals surface area contributed by atoms with E-state index in [1.165, 1.54) is 64.2 Å². The quantitative estimate of drug-likeness (QED) is 0.0423. The summed E-state index contributed by atoms with van der Waals surface area (Å²) < 4.78 is 10.5. The minimum Gasteiger partial charge on any atom is -0.462 e. The Morgan fingerprint density at radius 1 is 0.625 bits per heavy atom. The van der Waals surface area contributed by atoms with Gasteiger partial charge in [-0.1, -0.05) is 122 Å². The van der Waals surface area contributed by atoms with Crippen molar-refractivity contribution in [2.75, 3.05) is 13.2 Å². The van der Waals surface area contributed by atoms with E-state index in [2.05, 4.69) is 19.9 Å². The van der Waals surface area contributed by atoms with Crippen LogP contribution in [0.4, 0.5) is 0 Å². The number of hydrogen-bond acceptors (Lipinski definition) is 6. The molecule has 0 radical (unpaired) electrons. The van der Waals surface area contributed by atoms with Crippen molar-refractivity contribution in [2.45, 2.75) is 161 Å². The van der Waals surface area contributed by atoms with Gasteiger partial charge in [0.25, 0.3) is 0 Å². The van der Waals surface area contributed by atoms with E-state index in [1.54, 1.807) is 6.08 Å². The van der Waals surface area contributed by atoms with Crippen LogP contribution in [0.5, 0.6) is 0 Å². The summed E-state index contributed by atoms with van der Waals surface area (Å²) in [5.41, 5.74) is 0. The van der Waals surface area contributed by atoms with Crippen molar-refractivity contribution in [3.8, 4) is 0 Å². The molecule has 0 aliphatic rings. The zero-order valence-electron chi connectivity index (χ0n) is 25.8. The highest BCUT2D eigenvalue weighted by molar-refractivity contribution is 5.89. The number of allylic oxidation sites excluding steroid dienone is 4. The molecule has 0 unspecified atom stereocenters. The smallest absolute Gasteiger partial charge is 0.306 e. The van der Waals surface area contributed by atoms with Crippen LogP contribution in [0.25, 0.3) is 0 Å². The van der Waals surface area contributed by atoms with Gasteiger partial charge in [0, 0.05) is 19.3 Å². The number of rotatable bonds is 29. The number of esters is 2. The van der Waals surface area contributed by atoms with Gasteiger partial charge in [-0.15, -0.1) is 0 Å².